The first-order valence-corrected chi connectivity index (χ1v) is 19.6. The molecule has 0 amide bonds. The Morgan fingerprint density at radius 3 is 2.14 bits per heavy atom. The average Bonchev–Trinajstić information content (AvgIpc) is 3.78. The summed E-state index contributed by atoms with van der Waals surface area (Å²) in [6.45, 7) is 23.3. The first-order chi connectivity index (χ1) is 22.6. The zero-order chi connectivity index (χ0) is 35.2. The number of rotatable bonds is 8. The Hall–Kier alpha value is -2.48. The van der Waals surface area contributed by atoms with Gasteiger partial charge >= 0.3 is 0 Å². The summed E-state index contributed by atoms with van der Waals surface area (Å²) in [7, 11) is 0. The third kappa shape index (κ3) is 7.32. The SMILES string of the molecule is CCC(C)(CC)C(=O)/C=C(\O)C(C)(CC)CC.Cc1sc2c(ccc3sc4c(-c5[c-]c6ccsc6c(C(C)(C)C)c5)ncnc4c32)c1C.[Ir]. The molecule has 0 aliphatic heterocycles. The molecular formula is C41H49IrN2O2S3-. The van der Waals surface area contributed by atoms with Crippen LogP contribution in [0, 0.1) is 30.7 Å². The molecule has 0 atom stereocenters. The average molecular weight is 890 g/mol. The van der Waals surface area contributed by atoms with Crippen LogP contribution in [0.5, 0.6) is 0 Å². The fraction of sp³-hybridized carbons (Fsp3) is 0.439. The third-order valence-corrected chi connectivity index (χ3v) is 14.0. The minimum atomic E-state index is -0.337. The maximum absolute atomic E-state index is 12.2. The smallest absolute Gasteiger partial charge is 0.164 e. The summed E-state index contributed by atoms with van der Waals surface area (Å²) in [6, 6.07) is 12.6. The van der Waals surface area contributed by atoms with E-state index in [9.17, 15) is 9.90 Å². The van der Waals surface area contributed by atoms with Gasteiger partial charge in [0.2, 0.25) is 0 Å². The molecule has 4 nitrogen and oxygen atoms in total. The van der Waals surface area contributed by atoms with Gasteiger partial charge in [0.05, 0.1) is 5.52 Å². The van der Waals surface area contributed by atoms with Crippen molar-refractivity contribution in [2.75, 3.05) is 0 Å². The number of allylic oxidation sites excluding steroid dienone is 2. The third-order valence-electron chi connectivity index (χ3n) is 10.7. The predicted molar refractivity (Wildman–Crippen MR) is 211 cm³/mol. The van der Waals surface area contributed by atoms with E-state index < -0.39 is 0 Å². The Kier molecular flexibility index (Phi) is 12.0. The summed E-state index contributed by atoms with van der Waals surface area (Å²) in [5.41, 5.74) is 5.29. The van der Waals surface area contributed by atoms with E-state index in [1.165, 1.54) is 52.3 Å². The summed E-state index contributed by atoms with van der Waals surface area (Å²) < 4.78 is 5.10. The molecule has 1 radical (unpaired) electrons. The molecule has 4 heterocycles. The minimum absolute atomic E-state index is 0. The quantitative estimate of drug-likeness (QED) is 0.0939. The van der Waals surface area contributed by atoms with Gasteiger partial charge in [-0.15, -0.1) is 46.3 Å². The summed E-state index contributed by atoms with van der Waals surface area (Å²) >= 11 is 5.47. The van der Waals surface area contributed by atoms with Gasteiger partial charge in [-0.2, -0.15) is 11.3 Å². The van der Waals surface area contributed by atoms with Crippen molar-refractivity contribution >= 4 is 80.3 Å². The van der Waals surface area contributed by atoms with Crippen LogP contribution in [-0.2, 0) is 30.3 Å². The van der Waals surface area contributed by atoms with Gasteiger partial charge in [0.25, 0.3) is 0 Å². The summed E-state index contributed by atoms with van der Waals surface area (Å²) in [5, 5.41) is 16.1. The molecule has 0 aliphatic rings. The van der Waals surface area contributed by atoms with E-state index in [2.05, 4.69) is 70.3 Å². The topological polar surface area (TPSA) is 63.1 Å². The van der Waals surface area contributed by atoms with Crippen molar-refractivity contribution in [2.24, 2.45) is 10.8 Å². The van der Waals surface area contributed by atoms with Crippen molar-refractivity contribution in [3.8, 4) is 11.3 Å². The second-order valence-electron chi connectivity index (χ2n) is 14.5. The number of aromatic nitrogens is 2. The van der Waals surface area contributed by atoms with E-state index in [1.807, 2.05) is 52.9 Å². The number of aliphatic hydroxyl groups is 1. The van der Waals surface area contributed by atoms with Crippen molar-refractivity contribution in [1.29, 1.82) is 0 Å². The first kappa shape index (κ1) is 39.3. The van der Waals surface area contributed by atoms with E-state index in [0.29, 0.717) is 0 Å². The molecule has 0 unspecified atom stereocenters. The van der Waals surface area contributed by atoms with Crippen LogP contribution in [0.1, 0.15) is 104 Å². The van der Waals surface area contributed by atoms with Gasteiger partial charge in [0, 0.05) is 67.1 Å². The van der Waals surface area contributed by atoms with Crippen LogP contribution >= 0.6 is 34.0 Å². The second-order valence-corrected chi connectivity index (χ2v) is 17.7. The van der Waals surface area contributed by atoms with Crippen molar-refractivity contribution in [3.05, 3.63) is 69.9 Å². The van der Waals surface area contributed by atoms with Crippen LogP contribution in [0.15, 0.2) is 47.8 Å². The van der Waals surface area contributed by atoms with E-state index in [0.717, 1.165) is 47.2 Å². The molecule has 49 heavy (non-hydrogen) atoms. The number of hydrogen-bond acceptors (Lipinski definition) is 7. The number of ketones is 1. The first-order valence-electron chi connectivity index (χ1n) is 17.1. The van der Waals surface area contributed by atoms with Crippen molar-refractivity contribution in [2.45, 2.75) is 107 Å². The van der Waals surface area contributed by atoms with Gasteiger partial charge in [0.1, 0.15) is 12.1 Å². The Morgan fingerprint density at radius 2 is 1.53 bits per heavy atom. The zero-order valence-electron chi connectivity index (χ0n) is 30.7. The maximum Gasteiger partial charge on any atom is 0.164 e. The molecule has 8 heteroatoms. The minimum Gasteiger partial charge on any atom is -0.512 e. The normalized spacial score (nSPS) is 12.8. The number of hydrogen-bond donors (Lipinski definition) is 1. The molecule has 6 rings (SSSR count). The van der Waals surface area contributed by atoms with Crippen LogP contribution in [-0.4, -0.2) is 20.9 Å². The molecule has 0 saturated heterocycles. The summed E-state index contributed by atoms with van der Waals surface area (Å²) in [5.74, 6) is 0.286. The fourth-order valence-electron chi connectivity index (χ4n) is 6.02. The largest absolute Gasteiger partial charge is 0.512 e. The zero-order valence-corrected chi connectivity index (χ0v) is 35.5. The van der Waals surface area contributed by atoms with E-state index in [1.54, 1.807) is 29.0 Å². The van der Waals surface area contributed by atoms with Crippen LogP contribution in [0.4, 0.5) is 0 Å². The molecule has 263 valence electrons. The van der Waals surface area contributed by atoms with Crippen molar-refractivity contribution in [1.82, 2.24) is 9.97 Å². The van der Waals surface area contributed by atoms with Gasteiger partial charge < -0.3 is 5.11 Å². The number of aliphatic hydroxyl groups excluding tert-OH is 1. The molecule has 4 aromatic heterocycles. The molecule has 0 spiro atoms. The monoisotopic (exact) mass is 890 g/mol. The molecule has 0 saturated carbocycles. The molecule has 0 bridgehead atoms. The molecular weight excluding hydrogens is 841 g/mol. The van der Waals surface area contributed by atoms with Crippen LogP contribution < -0.4 is 0 Å². The fourth-order valence-corrected chi connectivity index (χ4v) is 9.54. The van der Waals surface area contributed by atoms with E-state index in [-0.39, 0.29) is 47.9 Å². The number of carbonyl (C=O) groups excluding carboxylic acids is 1. The molecule has 0 aliphatic carbocycles. The number of carbonyl (C=O) groups is 1. The van der Waals surface area contributed by atoms with Gasteiger partial charge in [-0.05, 0) is 72.0 Å². The maximum atomic E-state index is 12.2. The van der Waals surface area contributed by atoms with E-state index >= 15 is 0 Å². The number of thiophene rings is 3. The Balaban J connectivity index is 0.000000260. The molecule has 6 aromatic rings. The van der Waals surface area contributed by atoms with Crippen molar-refractivity contribution < 1.29 is 30.0 Å². The van der Waals surface area contributed by atoms with Gasteiger partial charge in [-0.1, -0.05) is 79.5 Å². The summed E-state index contributed by atoms with van der Waals surface area (Å²) in [4.78, 5) is 23.1. The molecule has 1 N–H and O–H groups in total. The van der Waals surface area contributed by atoms with Gasteiger partial charge in [-0.25, -0.2) is 4.98 Å². The van der Waals surface area contributed by atoms with Crippen LogP contribution in [0.25, 0.3) is 51.7 Å². The number of fused-ring (bicyclic) bond motifs is 6. The number of benzene rings is 2. The molecule has 2 aromatic carbocycles. The van der Waals surface area contributed by atoms with Crippen LogP contribution in [0.2, 0.25) is 0 Å². The van der Waals surface area contributed by atoms with Crippen molar-refractivity contribution in [3.63, 3.8) is 0 Å². The Morgan fingerprint density at radius 1 is 0.878 bits per heavy atom. The van der Waals surface area contributed by atoms with Gasteiger partial charge in [0.15, 0.2) is 5.78 Å². The van der Waals surface area contributed by atoms with Crippen LogP contribution in [0.3, 0.4) is 0 Å². The Bertz CT molecular complexity index is 2150. The summed E-state index contributed by atoms with van der Waals surface area (Å²) in [6.07, 6.45) is 6.47. The molecule has 0 fully saturated rings. The standard InChI is InChI=1S/C26H21N2S3.C15H28O2.Ir/c1-13-14(2)30-24-17(13)6-7-19-20(24)22-25(31-19)21(27-12-28-22)16-10-15-8-9-29-23(15)18(11-16)26(3,4)5;1-7-14(5,8-2)12(16)11-13(17)15(6,9-3)10-4;/h6-9,11-12H,1-5H3;11,16H,7-10H2,1-6H3;/q-1;;/b;12-11-;. The van der Waals surface area contributed by atoms with E-state index in [4.69, 9.17) is 9.97 Å². The Labute approximate surface area is 317 Å². The predicted octanol–water partition coefficient (Wildman–Crippen LogP) is 13.3. The number of aryl methyl sites for hydroxylation is 2. The second kappa shape index (κ2) is 15.0. The van der Waals surface area contributed by atoms with Gasteiger partial charge in [-0.3, -0.25) is 9.78 Å². The number of nitrogens with zero attached hydrogens (tertiary/aromatic N) is 2.